The molecule has 3 aliphatic rings. The second-order valence-corrected chi connectivity index (χ2v) is 5.49. The lowest BCUT2D eigenvalue weighted by Crippen LogP contribution is -2.19. The van der Waals surface area contributed by atoms with E-state index in [1.165, 1.54) is 25.7 Å². The van der Waals surface area contributed by atoms with Crippen LogP contribution in [-0.4, -0.2) is 6.04 Å². The number of rotatable bonds is 1. The average Bonchev–Trinajstić information content (AvgIpc) is 2.71. The Morgan fingerprint density at radius 1 is 1.43 bits per heavy atom. The Balaban J connectivity index is 1.82. The van der Waals surface area contributed by atoms with Crippen molar-refractivity contribution in [3.8, 4) is 0 Å². The molecule has 0 aliphatic heterocycles. The van der Waals surface area contributed by atoms with Gasteiger partial charge in [0.15, 0.2) is 0 Å². The normalized spacial score (nSPS) is 50.1. The molecule has 2 N–H and O–H groups in total. The van der Waals surface area contributed by atoms with Gasteiger partial charge in [-0.25, -0.2) is 0 Å². The quantitative estimate of drug-likeness (QED) is 0.674. The summed E-state index contributed by atoms with van der Waals surface area (Å²) in [4.78, 5) is 0. The number of nitrogens with two attached hydrogens (primary N) is 1. The van der Waals surface area contributed by atoms with Gasteiger partial charge in [-0.05, 0) is 48.5 Å². The van der Waals surface area contributed by atoms with Gasteiger partial charge in [0.05, 0.1) is 0 Å². The maximum absolute atomic E-state index is 6.02. The van der Waals surface area contributed by atoms with E-state index in [0.29, 0.717) is 11.5 Å². The number of hydrogen-bond donors (Lipinski definition) is 1. The van der Waals surface area contributed by atoms with Crippen LogP contribution in [0.4, 0.5) is 0 Å². The molecule has 0 aromatic rings. The van der Waals surface area contributed by atoms with E-state index in [4.69, 9.17) is 5.73 Å². The molecular formula is C13H19N. The van der Waals surface area contributed by atoms with Gasteiger partial charge >= 0.3 is 0 Å². The van der Waals surface area contributed by atoms with Crippen LogP contribution in [0.15, 0.2) is 23.8 Å². The van der Waals surface area contributed by atoms with E-state index >= 15 is 0 Å². The summed E-state index contributed by atoms with van der Waals surface area (Å²) in [5.41, 5.74) is 8.17. The van der Waals surface area contributed by atoms with Crippen LogP contribution in [0.3, 0.4) is 0 Å². The molecule has 76 valence electrons. The van der Waals surface area contributed by atoms with E-state index in [1.54, 1.807) is 5.57 Å². The van der Waals surface area contributed by atoms with Crippen molar-refractivity contribution >= 4 is 0 Å². The zero-order valence-electron chi connectivity index (χ0n) is 8.87. The second kappa shape index (κ2) is 2.73. The van der Waals surface area contributed by atoms with Gasteiger partial charge in [0, 0.05) is 6.04 Å². The lowest BCUT2D eigenvalue weighted by atomic mass is 9.86. The van der Waals surface area contributed by atoms with Crippen LogP contribution in [0, 0.1) is 17.3 Å². The molecule has 0 saturated heterocycles. The largest absolute Gasteiger partial charge is 0.328 e. The molecule has 2 fully saturated rings. The maximum atomic E-state index is 6.02. The Morgan fingerprint density at radius 2 is 2.29 bits per heavy atom. The van der Waals surface area contributed by atoms with Gasteiger partial charge in [-0.2, -0.15) is 0 Å². The Hall–Kier alpha value is -0.560. The van der Waals surface area contributed by atoms with Gasteiger partial charge in [-0.15, -0.1) is 0 Å². The molecule has 0 aromatic carbocycles. The van der Waals surface area contributed by atoms with Gasteiger partial charge in [0.2, 0.25) is 0 Å². The highest BCUT2D eigenvalue weighted by atomic mass is 14.8. The van der Waals surface area contributed by atoms with Gasteiger partial charge < -0.3 is 5.73 Å². The van der Waals surface area contributed by atoms with E-state index in [9.17, 15) is 0 Å². The van der Waals surface area contributed by atoms with Crippen LogP contribution in [0.25, 0.3) is 0 Å². The predicted octanol–water partition coefficient (Wildman–Crippen LogP) is 2.64. The maximum Gasteiger partial charge on any atom is 0.00503 e. The summed E-state index contributed by atoms with van der Waals surface area (Å²) < 4.78 is 0. The van der Waals surface area contributed by atoms with E-state index < -0.39 is 0 Å². The van der Waals surface area contributed by atoms with Crippen LogP contribution < -0.4 is 5.73 Å². The highest BCUT2D eigenvalue weighted by Gasteiger charge is 2.60. The van der Waals surface area contributed by atoms with Crippen LogP contribution in [0.5, 0.6) is 0 Å². The third kappa shape index (κ3) is 1.12. The fourth-order valence-corrected chi connectivity index (χ4v) is 3.42. The van der Waals surface area contributed by atoms with Crippen molar-refractivity contribution < 1.29 is 0 Å². The minimum atomic E-state index is 0.474. The molecule has 4 atom stereocenters. The van der Waals surface area contributed by atoms with Crippen LogP contribution in [-0.2, 0) is 0 Å². The van der Waals surface area contributed by atoms with Crippen LogP contribution in [0.1, 0.15) is 32.6 Å². The van der Waals surface area contributed by atoms with Gasteiger partial charge in [0.25, 0.3) is 0 Å². The van der Waals surface area contributed by atoms with Gasteiger partial charge in [-0.1, -0.05) is 25.2 Å². The predicted molar refractivity (Wildman–Crippen MR) is 58.8 cm³/mol. The molecule has 0 amide bonds. The minimum absolute atomic E-state index is 0.474. The molecule has 1 nitrogen and oxygen atoms in total. The molecule has 1 heteroatoms. The first-order valence-electron chi connectivity index (χ1n) is 5.85. The number of hydrogen-bond acceptors (Lipinski definition) is 1. The molecular weight excluding hydrogens is 170 g/mol. The van der Waals surface area contributed by atoms with Crippen molar-refractivity contribution in [3.63, 3.8) is 0 Å². The molecule has 0 radical (unpaired) electrons. The number of allylic oxidation sites excluding steroid dienone is 4. The first-order chi connectivity index (χ1) is 6.71. The highest BCUT2D eigenvalue weighted by molar-refractivity contribution is 5.38. The van der Waals surface area contributed by atoms with E-state index in [-0.39, 0.29) is 0 Å². The Morgan fingerprint density at radius 3 is 2.86 bits per heavy atom. The molecule has 3 aliphatic carbocycles. The molecule has 0 bridgehead atoms. The van der Waals surface area contributed by atoms with Crippen molar-refractivity contribution in [1.82, 2.24) is 0 Å². The molecule has 0 heterocycles. The van der Waals surface area contributed by atoms with Crippen LogP contribution in [0.2, 0.25) is 0 Å². The third-order valence-electron chi connectivity index (χ3n) is 4.33. The zero-order valence-corrected chi connectivity index (χ0v) is 8.87. The Bertz CT molecular complexity index is 315. The highest BCUT2D eigenvalue weighted by Crippen LogP contribution is 2.67. The average molecular weight is 189 g/mol. The summed E-state index contributed by atoms with van der Waals surface area (Å²) in [6.07, 6.45) is 12.3. The monoisotopic (exact) mass is 189 g/mol. The summed E-state index contributed by atoms with van der Waals surface area (Å²) in [6.45, 7) is 2.28. The summed E-state index contributed by atoms with van der Waals surface area (Å²) in [5.74, 6) is 1.66. The topological polar surface area (TPSA) is 26.0 Å². The van der Waals surface area contributed by atoms with Crippen molar-refractivity contribution in [2.75, 3.05) is 0 Å². The molecule has 2 saturated carbocycles. The van der Waals surface area contributed by atoms with Crippen molar-refractivity contribution in [1.29, 1.82) is 0 Å². The summed E-state index contributed by atoms with van der Waals surface area (Å²) >= 11 is 0. The van der Waals surface area contributed by atoms with Gasteiger partial charge in [0.1, 0.15) is 0 Å². The zero-order chi connectivity index (χ0) is 9.76. The van der Waals surface area contributed by atoms with Crippen molar-refractivity contribution in [2.45, 2.75) is 38.6 Å². The Kier molecular flexibility index (Phi) is 1.70. The minimum Gasteiger partial charge on any atom is -0.328 e. The number of fused-ring (bicyclic) bond motifs is 1. The third-order valence-corrected chi connectivity index (χ3v) is 4.33. The lowest BCUT2D eigenvalue weighted by Gasteiger charge is -2.20. The fraction of sp³-hybridized carbons (Fsp3) is 0.692. The SMILES string of the molecule is CC1C=CC(C23CC(N)CC2C3)=CC1. The van der Waals surface area contributed by atoms with Crippen molar-refractivity contribution in [2.24, 2.45) is 23.0 Å². The molecule has 0 aromatic heterocycles. The second-order valence-electron chi connectivity index (χ2n) is 5.49. The molecule has 3 rings (SSSR count). The smallest absolute Gasteiger partial charge is 0.00503 e. The van der Waals surface area contributed by atoms with E-state index in [0.717, 1.165) is 11.8 Å². The first-order valence-corrected chi connectivity index (χ1v) is 5.85. The first kappa shape index (κ1) is 8.72. The summed E-state index contributed by atoms with van der Waals surface area (Å²) in [6, 6.07) is 0.474. The fourth-order valence-electron chi connectivity index (χ4n) is 3.42. The Labute approximate surface area is 86.1 Å². The lowest BCUT2D eigenvalue weighted by molar-refractivity contribution is 0.539. The van der Waals surface area contributed by atoms with Gasteiger partial charge in [-0.3, -0.25) is 0 Å². The summed E-state index contributed by atoms with van der Waals surface area (Å²) in [5, 5.41) is 0. The van der Waals surface area contributed by atoms with Crippen LogP contribution >= 0.6 is 0 Å². The van der Waals surface area contributed by atoms with E-state index in [1.807, 2.05) is 0 Å². The molecule has 14 heavy (non-hydrogen) atoms. The molecule has 4 unspecified atom stereocenters. The molecule has 0 spiro atoms. The summed E-state index contributed by atoms with van der Waals surface area (Å²) in [7, 11) is 0. The van der Waals surface area contributed by atoms with E-state index in [2.05, 4.69) is 25.2 Å². The standard InChI is InChI=1S/C13H19N/c1-9-2-4-10(5-3-9)13-7-11(13)6-12(14)8-13/h2,4-5,9,11-12H,3,6-8,14H2,1H3. The van der Waals surface area contributed by atoms with Crippen molar-refractivity contribution in [3.05, 3.63) is 23.8 Å².